The number of benzene rings is 2. The maximum absolute atomic E-state index is 13.7. The Kier molecular flexibility index (Phi) is 4.73. The molecule has 1 heterocycles. The van der Waals surface area contributed by atoms with Gasteiger partial charge < -0.3 is 4.74 Å². The van der Waals surface area contributed by atoms with Gasteiger partial charge in [0.25, 0.3) is 10.0 Å². The van der Waals surface area contributed by atoms with Gasteiger partial charge in [0.05, 0.1) is 17.7 Å². The fourth-order valence-electron chi connectivity index (χ4n) is 2.17. The lowest BCUT2D eigenvalue weighted by molar-refractivity contribution is 0.385. The minimum Gasteiger partial charge on any atom is -0.494 e. The van der Waals surface area contributed by atoms with Crippen molar-refractivity contribution in [2.75, 3.05) is 11.8 Å². The van der Waals surface area contributed by atoms with E-state index in [1.54, 1.807) is 5.38 Å². The van der Waals surface area contributed by atoms with Gasteiger partial charge in [-0.3, -0.25) is 4.72 Å². The molecule has 0 bridgehead atoms. The van der Waals surface area contributed by atoms with Gasteiger partial charge >= 0.3 is 0 Å². The Morgan fingerprint density at radius 1 is 1.16 bits per heavy atom. The van der Waals surface area contributed by atoms with E-state index in [-0.39, 0.29) is 15.8 Å². The van der Waals surface area contributed by atoms with Crippen LogP contribution in [0.1, 0.15) is 5.56 Å². The van der Waals surface area contributed by atoms with Crippen LogP contribution in [0.3, 0.4) is 0 Å². The lowest BCUT2D eigenvalue weighted by Crippen LogP contribution is -2.13. The maximum Gasteiger partial charge on any atom is 0.263 e. The molecule has 0 atom stereocenters. The van der Waals surface area contributed by atoms with Crippen LogP contribution in [0.2, 0.25) is 0 Å². The number of sulfonamides is 1. The summed E-state index contributed by atoms with van der Waals surface area (Å²) in [7, 11) is -2.62. The number of ether oxygens (including phenoxy) is 1. The van der Waals surface area contributed by atoms with E-state index < -0.39 is 15.8 Å². The molecule has 0 radical (unpaired) electrons. The largest absolute Gasteiger partial charge is 0.494 e. The maximum atomic E-state index is 13.7. The average molecular weight is 378 g/mol. The molecule has 0 saturated carbocycles. The molecular formula is C17H15FN2O3S2. The summed E-state index contributed by atoms with van der Waals surface area (Å²) in [6.07, 6.45) is 0. The Morgan fingerprint density at radius 2 is 1.88 bits per heavy atom. The molecule has 8 heteroatoms. The molecule has 0 unspecified atom stereocenters. The number of rotatable bonds is 5. The van der Waals surface area contributed by atoms with Gasteiger partial charge in [0.1, 0.15) is 0 Å². The van der Waals surface area contributed by atoms with Crippen molar-refractivity contribution in [3.63, 3.8) is 0 Å². The predicted molar refractivity (Wildman–Crippen MR) is 96.0 cm³/mol. The van der Waals surface area contributed by atoms with Crippen LogP contribution in [-0.2, 0) is 10.0 Å². The molecule has 0 aliphatic rings. The number of nitrogens with one attached hydrogen (secondary N) is 1. The number of hydrogen-bond acceptors (Lipinski definition) is 5. The zero-order chi connectivity index (χ0) is 18.0. The van der Waals surface area contributed by atoms with Crippen molar-refractivity contribution >= 4 is 26.5 Å². The van der Waals surface area contributed by atoms with Crippen molar-refractivity contribution in [2.45, 2.75) is 11.8 Å². The molecule has 3 rings (SSSR count). The molecule has 1 aromatic heterocycles. The number of thiazole rings is 1. The summed E-state index contributed by atoms with van der Waals surface area (Å²) in [6, 6.07) is 11.2. The molecule has 130 valence electrons. The third-order valence-corrected chi connectivity index (χ3v) is 5.73. The Morgan fingerprint density at radius 3 is 2.52 bits per heavy atom. The first-order valence-corrected chi connectivity index (χ1v) is 9.64. The molecule has 1 N–H and O–H groups in total. The first kappa shape index (κ1) is 17.4. The molecule has 0 saturated heterocycles. The molecule has 0 spiro atoms. The van der Waals surface area contributed by atoms with E-state index in [9.17, 15) is 12.8 Å². The van der Waals surface area contributed by atoms with Crippen molar-refractivity contribution in [1.29, 1.82) is 0 Å². The van der Waals surface area contributed by atoms with Crippen LogP contribution in [0, 0.1) is 12.7 Å². The number of aromatic nitrogens is 1. The molecular weight excluding hydrogens is 363 g/mol. The number of anilines is 1. The number of methoxy groups -OCH3 is 1. The molecule has 25 heavy (non-hydrogen) atoms. The van der Waals surface area contributed by atoms with Crippen LogP contribution in [-0.4, -0.2) is 20.5 Å². The van der Waals surface area contributed by atoms with Crippen molar-refractivity contribution in [3.8, 4) is 17.0 Å². The van der Waals surface area contributed by atoms with Crippen LogP contribution in [0.15, 0.2) is 52.7 Å². The summed E-state index contributed by atoms with van der Waals surface area (Å²) in [5.41, 5.74) is 2.69. The Hall–Kier alpha value is -2.45. The molecule has 0 amide bonds. The van der Waals surface area contributed by atoms with Gasteiger partial charge in [-0.2, -0.15) is 0 Å². The second kappa shape index (κ2) is 6.81. The highest BCUT2D eigenvalue weighted by molar-refractivity contribution is 7.93. The van der Waals surface area contributed by atoms with Crippen LogP contribution in [0.4, 0.5) is 9.52 Å². The number of hydrogen-bond donors (Lipinski definition) is 1. The van der Waals surface area contributed by atoms with E-state index in [1.807, 2.05) is 31.2 Å². The van der Waals surface area contributed by atoms with Gasteiger partial charge in [0.15, 0.2) is 16.7 Å². The highest BCUT2D eigenvalue weighted by Crippen LogP contribution is 2.28. The number of halogens is 1. The SMILES string of the molecule is COc1ccc(S(=O)(=O)Nc2nc(-c3ccc(C)cc3)cs2)cc1F. The summed E-state index contributed by atoms with van der Waals surface area (Å²) < 4.78 is 45.7. The predicted octanol–water partition coefficient (Wildman–Crippen LogP) is 4.07. The third kappa shape index (κ3) is 3.80. The molecule has 3 aromatic rings. The van der Waals surface area contributed by atoms with Gasteiger partial charge in [-0.05, 0) is 25.1 Å². The standard InChI is InChI=1S/C17H15FN2O3S2/c1-11-3-5-12(6-4-11)15-10-24-17(19-15)20-25(21,22)13-7-8-16(23-2)14(18)9-13/h3-10H,1-2H3,(H,19,20). The molecule has 0 aliphatic carbocycles. The van der Waals surface area contributed by atoms with E-state index in [0.29, 0.717) is 5.69 Å². The van der Waals surface area contributed by atoms with E-state index in [4.69, 9.17) is 4.74 Å². The van der Waals surface area contributed by atoms with E-state index in [0.717, 1.165) is 28.5 Å². The molecule has 0 fully saturated rings. The topological polar surface area (TPSA) is 68.3 Å². The van der Waals surface area contributed by atoms with E-state index >= 15 is 0 Å². The molecule has 5 nitrogen and oxygen atoms in total. The van der Waals surface area contributed by atoms with Crippen LogP contribution in [0.5, 0.6) is 5.75 Å². The van der Waals surface area contributed by atoms with Gasteiger partial charge in [-0.25, -0.2) is 17.8 Å². The second-order valence-electron chi connectivity index (χ2n) is 5.31. The number of aryl methyl sites for hydroxylation is 1. The monoisotopic (exact) mass is 378 g/mol. The second-order valence-corrected chi connectivity index (χ2v) is 7.85. The summed E-state index contributed by atoms with van der Waals surface area (Å²) in [4.78, 5) is 4.09. The fourth-order valence-corrected chi connectivity index (χ4v) is 4.15. The van der Waals surface area contributed by atoms with Gasteiger partial charge in [-0.15, -0.1) is 11.3 Å². The first-order valence-electron chi connectivity index (χ1n) is 7.28. The van der Waals surface area contributed by atoms with Crippen molar-refractivity contribution in [1.82, 2.24) is 4.98 Å². The summed E-state index contributed by atoms with van der Waals surface area (Å²) in [6.45, 7) is 1.98. The highest BCUT2D eigenvalue weighted by Gasteiger charge is 2.18. The summed E-state index contributed by atoms with van der Waals surface area (Å²) in [5, 5.41) is 1.98. The Bertz CT molecular complexity index is 999. The molecule has 0 aliphatic heterocycles. The highest BCUT2D eigenvalue weighted by atomic mass is 32.2. The quantitative estimate of drug-likeness (QED) is 0.727. The summed E-state index contributed by atoms with van der Waals surface area (Å²) >= 11 is 1.16. The minimum atomic E-state index is -3.93. The smallest absolute Gasteiger partial charge is 0.263 e. The normalized spacial score (nSPS) is 11.3. The van der Waals surface area contributed by atoms with Crippen molar-refractivity contribution in [3.05, 3.63) is 59.2 Å². The summed E-state index contributed by atoms with van der Waals surface area (Å²) in [5.74, 6) is -0.764. The fraction of sp³-hybridized carbons (Fsp3) is 0.118. The Labute approximate surface area is 149 Å². The minimum absolute atomic E-state index is 0.0187. The average Bonchev–Trinajstić information content (AvgIpc) is 3.03. The van der Waals surface area contributed by atoms with Gasteiger partial charge in [0.2, 0.25) is 0 Å². The third-order valence-electron chi connectivity index (χ3n) is 3.51. The van der Waals surface area contributed by atoms with E-state index in [2.05, 4.69) is 9.71 Å². The lowest BCUT2D eigenvalue weighted by atomic mass is 10.1. The van der Waals surface area contributed by atoms with Gasteiger partial charge in [-0.1, -0.05) is 29.8 Å². The van der Waals surface area contributed by atoms with E-state index in [1.165, 1.54) is 19.2 Å². The van der Waals surface area contributed by atoms with Crippen molar-refractivity contribution < 1.29 is 17.5 Å². The zero-order valence-corrected chi connectivity index (χ0v) is 15.1. The van der Waals surface area contributed by atoms with Crippen LogP contribution < -0.4 is 9.46 Å². The van der Waals surface area contributed by atoms with Crippen LogP contribution in [0.25, 0.3) is 11.3 Å². The van der Waals surface area contributed by atoms with Crippen LogP contribution >= 0.6 is 11.3 Å². The first-order chi connectivity index (χ1) is 11.9. The number of nitrogens with zero attached hydrogens (tertiary/aromatic N) is 1. The Balaban J connectivity index is 1.84. The van der Waals surface area contributed by atoms with Crippen molar-refractivity contribution in [2.24, 2.45) is 0 Å². The lowest BCUT2D eigenvalue weighted by Gasteiger charge is -2.07. The molecule has 2 aromatic carbocycles. The van der Waals surface area contributed by atoms with Gasteiger partial charge in [0, 0.05) is 10.9 Å². The zero-order valence-electron chi connectivity index (χ0n) is 13.5.